The molecule has 0 aliphatic carbocycles. The van der Waals surface area contributed by atoms with E-state index in [0.717, 1.165) is 19.1 Å². The van der Waals surface area contributed by atoms with E-state index in [1.807, 2.05) is 36.5 Å². The van der Waals surface area contributed by atoms with Crippen molar-refractivity contribution in [2.24, 2.45) is 0 Å². The third kappa shape index (κ3) is 5.20. The van der Waals surface area contributed by atoms with Gasteiger partial charge in [-0.15, -0.1) is 0 Å². The molecular formula is C20H21F2N3O2. The Morgan fingerprint density at radius 1 is 1.19 bits per heavy atom. The molecular weight excluding hydrogens is 352 g/mol. The van der Waals surface area contributed by atoms with Crippen molar-refractivity contribution in [3.8, 4) is 5.75 Å². The molecule has 5 nitrogen and oxygen atoms in total. The number of rotatable bonds is 8. The summed E-state index contributed by atoms with van der Waals surface area (Å²) in [6.07, 6.45) is 6.34. The second kappa shape index (κ2) is 8.07. The summed E-state index contributed by atoms with van der Waals surface area (Å²) in [5.74, 6) is -1.41. The highest BCUT2D eigenvalue weighted by Gasteiger charge is 2.28. The Morgan fingerprint density at radius 3 is 2.63 bits per heavy atom. The number of nitrogens with one attached hydrogen (secondary N) is 1. The smallest absolute Gasteiger partial charge is 0.301 e. The fourth-order valence-corrected chi connectivity index (χ4v) is 2.49. The summed E-state index contributed by atoms with van der Waals surface area (Å²) in [5.41, 5.74) is 1.17. The van der Waals surface area contributed by atoms with Crippen molar-refractivity contribution in [1.29, 1.82) is 0 Å². The van der Waals surface area contributed by atoms with Gasteiger partial charge in [0.15, 0.2) is 11.6 Å². The Kier molecular flexibility index (Phi) is 5.59. The molecule has 1 aromatic carbocycles. The lowest BCUT2D eigenvalue weighted by Gasteiger charge is -2.05. The standard InChI is InChI=1S/C20H21F2N3O2/c1-20(21,22)18-10-9-17(27-18)14-25-13-11-19(24-25)23-12-3-4-15-5-7-16(26-2)8-6-15/h3,5-13H,4,14H2,1-2H3,(H,23,24)/b12-3+. The van der Waals surface area contributed by atoms with E-state index in [1.54, 1.807) is 24.1 Å². The van der Waals surface area contributed by atoms with Crippen molar-refractivity contribution in [2.45, 2.75) is 25.8 Å². The van der Waals surface area contributed by atoms with Gasteiger partial charge in [-0.3, -0.25) is 4.68 Å². The number of methoxy groups -OCH3 is 1. The lowest BCUT2D eigenvalue weighted by molar-refractivity contribution is -0.00636. The molecule has 2 heterocycles. The van der Waals surface area contributed by atoms with Gasteiger partial charge in [-0.05, 0) is 42.4 Å². The Balaban J connectivity index is 1.51. The van der Waals surface area contributed by atoms with Crippen LogP contribution in [0.2, 0.25) is 0 Å². The van der Waals surface area contributed by atoms with Crippen LogP contribution in [0.1, 0.15) is 24.0 Å². The molecule has 2 aromatic heterocycles. The average molecular weight is 373 g/mol. The van der Waals surface area contributed by atoms with E-state index in [2.05, 4.69) is 10.4 Å². The van der Waals surface area contributed by atoms with E-state index >= 15 is 0 Å². The van der Waals surface area contributed by atoms with Gasteiger partial charge in [0.2, 0.25) is 0 Å². The van der Waals surface area contributed by atoms with Crippen LogP contribution >= 0.6 is 0 Å². The van der Waals surface area contributed by atoms with Gasteiger partial charge in [0.25, 0.3) is 0 Å². The molecule has 0 fully saturated rings. The van der Waals surface area contributed by atoms with Crippen LogP contribution in [-0.2, 0) is 18.9 Å². The maximum atomic E-state index is 13.2. The maximum Gasteiger partial charge on any atom is 0.301 e. The van der Waals surface area contributed by atoms with E-state index in [9.17, 15) is 8.78 Å². The zero-order valence-corrected chi connectivity index (χ0v) is 15.2. The molecule has 27 heavy (non-hydrogen) atoms. The first-order chi connectivity index (χ1) is 12.9. The molecule has 3 rings (SSSR count). The van der Waals surface area contributed by atoms with Gasteiger partial charge in [0.1, 0.15) is 11.5 Å². The van der Waals surface area contributed by atoms with Crippen molar-refractivity contribution in [3.63, 3.8) is 0 Å². The molecule has 0 saturated carbocycles. The molecule has 0 amide bonds. The van der Waals surface area contributed by atoms with E-state index in [0.29, 0.717) is 11.6 Å². The average Bonchev–Trinajstić information content (AvgIpc) is 3.29. The van der Waals surface area contributed by atoms with Crippen LogP contribution in [0.4, 0.5) is 14.6 Å². The molecule has 0 saturated heterocycles. The first-order valence-electron chi connectivity index (χ1n) is 8.49. The van der Waals surface area contributed by atoms with Gasteiger partial charge in [-0.25, -0.2) is 0 Å². The molecule has 1 N–H and O–H groups in total. The second-order valence-corrected chi connectivity index (χ2v) is 6.15. The summed E-state index contributed by atoms with van der Waals surface area (Å²) in [6, 6.07) is 12.5. The van der Waals surface area contributed by atoms with Crippen LogP contribution in [0, 0.1) is 0 Å². The first kappa shape index (κ1) is 18.7. The quantitative estimate of drug-likeness (QED) is 0.615. The van der Waals surface area contributed by atoms with Gasteiger partial charge >= 0.3 is 5.92 Å². The van der Waals surface area contributed by atoms with Gasteiger partial charge in [-0.2, -0.15) is 13.9 Å². The van der Waals surface area contributed by atoms with Crippen LogP contribution in [-0.4, -0.2) is 16.9 Å². The van der Waals surface area contributed by atoms with E-state index in [1.165, 1.54) is 17.7 Å². The van der Waals surface area contributed by atoms with Crippen molar-refractivity contribution in [3.05, 3.63) is 78.0 Å². The van der Waals surface area contributed by atoms with Crippen LogP contribution < -0.4 is 10.1 Å². The van der Waals surface area contributed by atoms with Crippen molar-refractivity contribution >= 4 is 5.82 Å². The summed E-state index contributed by atoms with van der Waals surface area (Å²) in [6.45, 7) is 1.09. The SMILES string of the molecule is COc1ccc(C/C=C/Nc2ccn(Cc3ccc(C(C)(F)F)o3)n2)cc1. The van der Waals surface area contributed by atoms with E-state index < -0.39 is 5.92 Å². The number of nitrogens with zero attached hydrogens (tertiary/aromatic N) is 2. The highest BCUT2D eigenvalue weighted by molar-refractivity contribution is 5.36. The normalized spacial score (nSPS) is 11.9. The number of anilines is 1. The van der Waals surface area contributed by atoms with E-state index in [4.69, 9.17) is 9.15 Å². The minimum atomic E-state index is -2.98. The fourth-order valence-electron chi connectivity index (χ4n) is 2.49. The molecule has 0 radical (unpaired) electrons. The monoisotopic (exact) mass is 373 g/mol. The number of ether oxygens (including phenoxy) is 1. The fraction of sp³-hybridized carbons (Fsp3) is 0.250. The van der Waals surface area contributed by atoms with Gasteiger partial charge < -0.3 is 14.5 Å². The molecule has 0 bridgehead atoms. The van der Waals surface area contributed by atoms with Gasteiger partial charge in [0.05, 0.1) is 13.7 Å². The zero-order chi connectivity index (χ0) is 19.3. The first-order valence-corrected chi connectivity index (χ1v) is 8.49. The number of aromatic nitrogens is 2. The Morgan fingerprint density at radius 2 is 1.96 bits per heavy atom. The van der Waals surface area contributed by atoms with E-state index in [-0.39, 0.29) is 12.3 Å². The van der Waals surface area contributed by atoms with Crippen LogP contribution in [0.3, 0.4) is 0 Å². The van der Waals surface area contributed by atoms with Crippen molar-refractivity contribution in [1.82, 2.24) is 9.78 Å². The Labute approximate surface area is 156 Å². The largest absolute Gasteiger partial charge is 0.497 e. The summed E-state index contributed by atoms with van der Waals surface area (Å²) >= 11 is 0. The van der Waals surface area contributed by atoms with Gasteiger partial charge in [-0.1, -0.05) is 18.2 Å². The number of hydrogen-bond acceptors (Lipinski definition) is 4. The lowest BCUT2D eigenvalue weighted by atomic mass is 10.1. The molecule has 0 unspecified atom stereocenters. The molecule has 0 aliphatic heterocycles. The lowest BCUT2D eigenvalue weighted by Crippen LogP contribution is -2.05. The third-order valence-corrected chi connectivity index (χ3v) is 3.91. The molecule has 142 valence electrons. The molecule has 7 heteroatoms. The Bertz CT molecular complexity index is 893. The predicted molar refractivity (Wildman–Crippen MR) is 99.1 cm³/mol. The molecule has 0 spiro atoms. The van der Waals surface area contributed by atoms with Gasteiger partial charge in [0, 0.05) is 19.2 Å². The third-order valence-electron chi connectivity index (χ3n) is 3.91. The number of furan rings is 1. The minimum Gasteiger partial charge on any atom is -0.497 e. The van der Waals surface area contributed by atoms with Crippen LogP contribution in [0.25, 0.3) is 0 Å². The van der Waals surface area contributed by atoms with Crippen LogP contribution in [0.5, 0.6) is 5.75 Å². The van der Waals surface area contributed by atoms with Crippen molar-refractivity contribution < 1.29 is 17.9 Å². The number of alkyl halides is 2. The molecule has 0 atom stereocenters. The summed E-state index contributed by atoms with van der Waals surface area (Å²) in [5, 5.41) is 7.42. The minimum absolute atomic E-state index is 0.285. The second-order valence-electron chi connectivity index (χ2n) is 6.15. The Hall–Kier alpha value is -3.09. The topological polar surface area (TPSA) is 52.2 Å². The number of allylic oxidation sites excluding steroid dienone is 1. The maximum absolute atomic E-state index is 13.2. The number of halogens is 2. The van der Waals surface area contributed by atoms with Crippen molar-refractivity contribution in [2.75, 3.05) is 12.4 Å². The highest BCUT2D eigenvalue weighted by Crippen LogP contribution is 2.28. The summed E-state index contributed by atoms with van der Waals surface area (Å²) in [4.78, 5) is 0. The predicted octanol–water partition coefficient (Wildman–Crippen LogP) is 4.81. The number of benzene rings is 1. The molecule has 3 aromatic rings. The highest BCUT2D eigenvalue weighted by atomic mass is 19.3. The molecule has 0 aliphatic rings. The summed E-state index contributed by atoms with van der Waals surface area (Å²) in [7, 11) is 1.64. The summed E-state index contributed by atoms with van der Waals surface area (Å²) < 4.78 is 38.3. The van der Waals surface area contributed by atoms with Crippen LogP contribution in [0.15, 0.2) is 65.4 Å². The zero-order valence-electron chi connectivity index (χ0n) is 15.2. The number of hydrogen-bond donors (Lipinski definition) is 1.